The molecule has 1 rings (SSSR count). The van der Waals surface area contributed by atoms with Crippen LogP contribution in [-0.2, 0) is 0 Å². The number of hydrogen-bond donors (Lipinski definition) is 0. The SMILES string of the molecule is C/C(CC(=O)c1ccccc1)=C(\C)[CH2][Sn]([CH3])([CH3])[CH3]. The Morgan fingerprint density at radius 1 is 1.00 bits per heavy atom. The molecule has 0 atom stereocenters. The zero-order chi connectivity index (χ0) is 13.8. The van der Waals surface area contributed by atoms with Gasteiger partial charge in [0.2, 0.25) is 0 Å². The maximum absolute atomic E-state index is 12.1. The first-order chi connectivity index (χ1) is 8.29. The van der Waals surface area contributed by atoms with Crippen LogP contribution in [0.15, 0.2) is 41.5 Å². The number of benzene rings is 1. The van der Waals surface area contributed by atoms with Crippen molar-refractivity contribution < 1.29 is 4.79 Å². The van der Waals surface area contributed by atoms with Crippen LogP contribution in [0, 0.1) is 0 Å². The first kappa shape index (κ1) is 15.5. The summed E-state index contributed by atoms with van der Waals surface area (Å²) in [6, 6.07) is 9.58. The van der Waals surface area contributed by atoms with Crippen molar-refractivity contribution in [1.82, 2.24) is 0 Å². The van der Waals surface area contributed by atoms with Gasteiger partial charge in [0.05, 0.1) is 0 Å². The van der Waals surface area contributed by atoms with E-state index in [0.29, 0.717) is 6.42 Å². The summed E-state index contributed by atoms with van der Waals surface area (Å²) in [5.41, 5.74) is 3.52. The molecule has 0 N–H and O–H groups in total. The number of ketones is 1. The van der Waals surface area contributed by atoms with Crippen LogP contribution in [0.25, 0.3) is 0 Å². The quantitative estimate of drug-likeness (QED) is 0.418. The van der Waals surface area contributed by atoms with Gasteiger partial charge in [0.25, 0.3) is 0 Å². The monoisotopic (exact) mass is 352 g/mol. The van der Waals surface area contributed by atoms with Gasteiger partial charge < -0.3 is 0 Å². The molecule has 1 nitrogen and oxygen atoms in total. The molecule has 0 aromatic heterocycles. The van der Waals surface area contributed by atoms with Crippen molar-refractivity contribution in [2.45, 2.75) is 39.5 Å². The summed E-state index contributed by atoms with van der Waals surface area (Å²) in [5, 5.41) is 0. The molecule has 0 bridgehead atoms. The molecule has 18 heavy (non-hydrogen) atoms. The minimum atomic E-state index is -1.78. The molecule has 1 aromatic rings. The molecule has 0 fully saturated rings. The second-order valence-electron chi connectivity index (χ2n) is 6.26. The van der Waals surface area contributed by atoms with E-state index in [9.17, 15) is 4.79 Å². The van der Waals surface area contributed by atoms with Crippen LogP contribution in [0.3, 0.4) is 0 Å². The number of allylic oxidation sites excluding steroid dienone is 2. The molecular weight excluding hydrogens is 327 g/mol. The number of rotatable bonds is 5. The summed E-state index contributed by atoms with van der Waals surface area (Å²) in [7, 11) is 0. The van der Waals surface area contributed by atoms with Crippen LogP contribution in [0.1, 0.15) is 30.6 Å². The Balaban J connectivity index is 2.73. The Morgan fingerprint density at radius 2 is 1.56 bits per heavy atom. The Bertz CT molecular complexity index is 438. The molecule has 0 aliphatic carbocycles. The van der Waals surface area contributed by atoms with E-state index in [2.05, 4.69) is 28.7 Å². The van der Waals surface area contributed by atoms with E-state index in [1.807, 2.05) is 30.3 Å². The summed E-state index contributed by atoms with van der Waals surface area (Å²) in [4.78, 5) is 19.4. The van der Waals surface area contributed by atoms with Gasteiger partial charge >= 0.3 is 116 Å². The van der Waals surface area contributed by atoms with Crippen molar-refractivity contribution in [3.05, 3.63) is 47.0 Å². The standard InChI is InChI=1S/C13H15O.3CH3.Sn/c1-10(2)11(3)9-13(14)12-7-5-4-6-8-12;;;;/h4-8H,1,9H2,2-3H3;3*1H3;/b11-10+;;;;. The van der Waals surface area contributed by atoms with Gasteiger partial charge in [-0.15, -0.1) is 0 Å². The van der Waals surface area contributed by atoms with Gasteiger partial charge in [-0.3, -0.25) is 0 Å². The second-order valence-corrected chi connectivity index (χ2v) is 21.9. The van der Waals surface area contributed by atoms with Crippen LogP contribution in [0.4, 0.5) is 0 Å². The first-order valence-electron chi connectivity index (χ1n) is 6.53. The summed E-state index contributed by atoms with van der Waals surface area (Å²) in [6.45, 7) is 4.30. The average Bonchev–Trinajstić information content (AvgIpc) is 2.27. The number of carbonyl (C=O) groups is 1. The van der Waals surface area contributed by atoms with Crippen LogP contribution in [0.2, 0.25) is 19.3 Å². The van der Waals surface area contributed by atoms with Crippen LogP contribution in [-0.4, -0.2) is 24.2 Å². The van der Waals surface area contributed by atoms with Gasteiger partial charge in [0, 0.05) is 0 Å². The van der Waals surface area contributed by atoms with Crippen LogP contribution < -0.4 is 0 Å². The molecule has 0 radical (unpaired) electrons. The summed E-state index contributed by atoms with van der Waals surface area (Å²) >= 11 is -1.78. The topological polar surface area (TPSA) is 17.1 Å². The molecule has 0 aliphatic rings. The van der Waals surface area contributed by atoms with E-state index in [0.717, 1.165) is 5.56 Å². The van der Waals surface area contributed by atoms with E-state index in [1.165, 1.54) is 15.6 Å². The van der Waals surface area contributed by atoms with Gasteiger partial charge in [-0.25, -0.2) is 0 Å². The van der Waals surface area contributed by atoms with E-state index >= 15 is 0 Å². The predicted molar refractivity (Wildman–Crippen MR) is 81.9 cm³/mol. The zero-order valence-corrected chi connectivity index (χ0v) is 15.1. The summed E-state index contributed by atoms with van der Waals surface area (Å²) < 4.78 is 1.25. The number of carbonyl (C=O) groups excluding carboxylic acids is 1. The summed E-state index contributed by atoms with van der Waals surface area (Å²) in [6.07, 6.45) is 0.567. The number of hydrogen-bond acceptors (Lipinski definition) is 1. The van der Waals surface area contributed by atoms with Crippen molar-refractivity contribution in [3.63, 3.8) is 0 Å². The van der Waals surface area contributed by atoms with E-state index in [-0.39, 0.29) is 5.78 Å². The van der Waals surface area contributed by atoms with E-state index < -0.39 is 18.4 Å². The molecule has 98 valence electrons. The molecule has 0 saturated heterocycles. The van der Waals surface area contributed by atoms with Gasteiger partial charge in [-0.1, -0.05) is 0 Å². The Labute approximate surface area is 115 Å². The molecular formula is C16H24OSn. The first-order valence-corrected chi connectivity index (χ1v) is 17.1. The molecule has 0 saturated carbocycles. The third-order valence-electron chi connectivity index (χ3n) is 3.05. The van der Waals surface area contributed by atoms with E-state index in [4.69, 9.17) is 0 Å². The molecule has 2 heteroatoms. The van der Waals surface area contributed by atoms with Crippen molar-refractivity contribution >= 4 is 24.2 Å². The van der Waals surface area contributed by atoms with Crippen molar-refractivity contribution in [2.75, 3.05) is 0 Å². The van der Waals surface area contributed by atoms with Gasteiger partial charge in [-0.05, 0) is 0 Å². The third-order valence-corrected chi connectivity index (χ3v) is 7.59. The maximum atomic E-state index is 12.1. The molecule has 0 heterocycles. The fourth-order valence-corrected chi connectivity index (χ4v) is 7.47. The third kappa shape index (κ3) is 5.38. The van der Waals surface area contributed by atoms with E-state index in [1.54, 1.807) is 0 Å². The Kier molecular flexibility index (Phi) is 5.64. The summed E-state index contributed by atoms with van der Waals surface area (Å²) in [5.74, 6) is 0.233. The van der Waals surface area contributed by atoms with Gasteiger partial charge in [0.1, 0.15) is 0 Å². The Hall–Kier alpha value is -0.571. The van der Waals surface area contributed by atoms with Crippen molar-refractivity contribution in [1.29, 1.82) is 0 Å². The molecule has 1 aromatic carbocycles. The molecule has 0 amide bonds. The van der Waals surface area contributed by atoms with Crippen LogP contribution in [0.5, 0.6) is 0 Å². The fraction of sp³-hybridized carbons (Fsp3) is 0.438. The van der Waals surface area contributed by atoms with Crippen molar-refractivity contribution in [2.24, 2.45) is 0 Å². The molecule has 0 aliphatic heterocycles. The van der Waals surface area contributed by atoms with Crippen LogP contribution >= 0.6 is 0 Å². The zero-order valence-electron chi connectivity index (χ0n) is 12.2. The van der Waals surface area contributed by atoms with Crippen molar-refractivity contribution in [3.8, 4) is 0 Å². The Morgan fingerprint density at radius 3 is 2.06 bits per heavy atom. The second kappa shape index (κ2) is 6.55. The average molecular weight is 351 g/mol. The molecule has 0 unspecified atom stereocenters. The van der Waals surface area contributed by atoms with Gasteiger partial charge in [0.15, 0.2) is 0 Å². The predicted octanol–water partition coefficient (Wildman–Crippen LogP) is 4.93. The van der Waals surface area contributed by atoms with Gasteiger partial charge in [-0.2, -0.15) is 0 Å². The normalized spacial score (nSPS) is 13.2. The fourth-order valence-electron chi connectivity index (χ4n) is 2.06. The minimum absolute atomic E-state index is 0.233. The molecule has 0 spiro atoms. The number of Topliss-reactive ketones (excluding diaryl/α,β-unsaturated/α-hetero) is 1.